The van der Waals surface area contributed by atoms with Crippen LogP contribution in [0.5, 0.6) is 0 Å². The monoisotopic (exact) mass is 334 g/mol. The Balaban J connectivity index is 3.37. The minimum atomic E-state index is -3.81. The van der Waals surface area contributed by atoms with Crippen LogP contribution in [0.4, 0.5) is 5.69 Å². The highest BCUT2D eigenvalue weighted by Crippen LogP contribution is 2.39. The lowest BCUT2D eigenvalue weighted by molar-refractivity contribution is -0.388. The molecule has 1 rings (SSSR count). The van der Waals surface area contributed by atoms with Gasteiger partial charge in [0.05, 0.1) is 14.7 Å². The number of hydrogen-bond acceptors (Lipinski definition) is 6. The molecule has 0 heterocycles. The molecule has 1 aromatic carbocycles. The summed E-state index contributed by atoms with van der Waals surface area (Å²) >= 11 is 0.779. The smallest absolute Gasteiger partial charge is 0.319 e. The molecular weight excluding hydrogens is 320 g/mol. The zero-order chi connectivity index (χ0) is 16.4. The number of carboxylic acids is 1. The maximum atomic E-state index is 11.6. The number of nitrogens with zero attached hydrogens (tertiary/aromatic N) is 1. The minimum absolute atomic E-state index is 0.0856. The third-order valence-corrected chi connectivity index (χ3v) is 5.25. The normalized spacial score (nSPS) is 12.1. The Morgan fingerprint density at radius 2 is 2.00 bits per heavy atom. The summed E-state index contributed by atoms with van der Waals surface area (Å²) in [5.41, 5.74) is -0.453. The van der Waals surface area contributed by atoms with E-state index in [-0.39, 0.29) is 9.79 Å². The molecule has 0 aliphatic heterocycles. The molecule has 0 aliphatic carbocycles. The van der Waals surface area contributed by atoms with Gasteiger partial charge in [-0.05, 0) is 33.0 Å². The average molecular weight is 334 g/mol. The van der Waals surface area contributed by atoms with Crippen molar-refractivity contribution in [1.29, 1.82) is 0 Å². The molecule has 0 spiro atoms. The first-order valence-electron chi connectivity index (χ1n) is 5.65. The lowest BCUT2D eigenvalue weighted by Gasteiger charge is -2.18. The number of sulfonamides is 1. The quantitative estimate of drug-likeness (QED) is 0.458. The Kier molecular flexibility index (Phi) is 4.97. The first kappa shape index (κ1) is 17.4. The summed E-state index contributed by atoms with van der Waals surface area (Å²) in [4.78, 5) is 21.2. The van der Waals surface area contributed by atoms with Gasteiger partial charge in [0.2, 0.25) is 10.0 Å². The van der Waals surface area contributed by atoms with Crippen molar-refractivity contribution in [2.24, 2.45) is 0 Å². The van der Waals surface area contributed by atoms with E-state index in [1.165, 1.54) is 33.0 Å². The van der Waals surface area contributed by atoms with Gasteiger partial charge in [-0.15, -0.1) is 11.8 Å². The van der Waals surface area contributed by atoms with Crippen molar-refractivity contribution in [1.82, 2.24) is 4.72 Å². The Labute approximate surface area is 125 Å². The number of thioether (sulfide) groups is 1. The standard InChI is InChI=1S/C11H14N2O6S2/c1-11(2,10(14)15)20-9-5-4-7(21(18,19)12-3)6-8(9)13(16)17/h4-6,12H,1-3H3,(H,14,15). The lowest BCUT2D eigenvalue weighted by atomic mass is 10.2. The van der Waals surface area contributed by atoms with Gasteiger partial charge in [0.15, 0.2) is 0 Å². The third-order valence-electron chi connectivity index (χ3n) is 2.59. The molecule has 2 N–H and O–H groups in total. The van der Waals surface area contributed by atoms with Crippen molar-refractivity contribution in [3.63, 3.8) is 0 Å². The van der Waals surface area contributed by atoms with Crippen LogP contribution in [0.2, 0.25) is 0 Å². The summed E-state index contributed by atoms with van der Waals surface area (Å²) in [6.07, 6.45) is 0. The fourth-order valence-electron chi connectivity index (χ4n) is 1.33. The molecule has 0 saturated heterocycles. The SMILES string of the molecule is CNS(=O)(=O)c1ccc(SC(C)(C)C(=O)O)c([N+](=O)[O-])c1. The van der Waals surface area contributed by atoms with Crippen LogP contribution in [0.25, 0.3) is 0 Å². The zero-order valence-electron chi connectivity index (χ0n) is 11.5. The van der Waals surface area contributed by atoms with E-state index >= 15 is 0 Å². The van der Waals surface area contributed by atoms with Gasteiger partial charge < -0.3 is 5.11 Å². The molecule has 0 radical (unpaired) electrons. The molecule has 0 amide bonds. The van der Waals surface area contributed by atoms with E-state index in [0.717, 1.165) is 17.8 Å². The summed E-state index contributed by atoms with van der Waals surface area (Å²) in [7, 11) is -2.62. The summed E-state index contributed by atoms with van der Waals surface area (Å²) in [6, 6.07) is 3.34. The van der Waals surface area contributed by atoms with Gasteiger partial charge in [-0.25, -0.2) is 13.1 Å². The maximum absolute atomic E-state index is 11.6. The number of carboxylic acid groups (broad SMARTS) is 1. The first-order chi connectivity index (χ1) is 9.51. The highest BCUT2D eigenvalue weighted by molar-refractivity contribution is 8.01. The topological polar surface area (TPSA) is 127 Å². The van der Waals surface area contributed by atoms with Crippen molar-refractivity contribution in [2.75, 3.05) is 7.05 Å². The van der Waals surface area contributed by atoms with Crippen LogP contribution in [-0.2, 0) is 14.8 Å². The molecule has 0 saturated carbocycles. The predicted octanol–water partition coefficient (Wildman–Crippen LogP) is 1.46. The average Bonchev–Trinajstić information content (AvgIpc) is 2.38. The molecule has 10 heteroatoms. The number of nitrogens with one attached hydrogen (secondary N) is 1. The van der Waals surface area contributed by atoms with Crippen molar-refractivity contribution in [3.8, 4) is 0 Å². The molecule has 21 heavy (non-hydrogen) atoms. The van der Waals surface area contributed by atoms with E-state index in [1.54, 1.807) is 0 Å². The molecule has 116 valence electrons. The summed E-state index contributed by atoms with van der Waals surface area (Å²) in [6.45, 7) is 2.81. The molecule has 8 nitrogen and oxygen atoms in total. The third kappa shape index (κ3) is 3.93. The molecule has 0 bridgehead atoms. The number of benzene rings is 1. The van der Waals surface area contributed by atoms with Crippen LogP contribution in [0.3, 0.4) is 0 Å². The van der Waals surface area contributed by atoms with Gasteiger partial charge in [0.25, 0.3) is 5.69 Å². The van der Waals surface area contributed by atoms with E-state index in [1.807, 2.05) is 0 Å². The fourth-order valence-corrected chi connectivity index (χ4v) is 3.09. The summed E-state index contributed by atoms with van der Waals surface area (Å²) in [5, 5.41) is 20.1. The van der Waals surface area contributed by atoms with Gasteiger partial charge in [-0.3, -0.25) is 14.9 Å². The summed E-state index contributed by atoms with van der Waals surface area (Å²) in [5.74, 6) is -1.13. The minimum Gasteiger partial charge on any atom is -0.480 e. The van der Waals surface area contributed by atoms with Gasteiger partial charge in [-0.1, -0.05) is 0 Å². The molecule has 0 fully saturated rings. The molecular formula is C11H14N2O6S2. The number of carbonyl (C=O) groups is 1. The summed E-state index contributed by atoms with van der Waals surface area (Å²) < 4.78 is 24.1. The van der Waals surface area contributed by atoms with Crippen LogP contribution in [-0.4, -0.2) is 36.2 Å². The number of nitro benzene ring substituents is 1. The predicted molar refractivity (Wildman–Crippen MR) is 76.9 cm³/mol. The maximum Gasteiger partial charge on any atom is 0.319 e. The van der Waals surface area contributed by atoms with Crippen molar-refractivity contribution in [3.05, 3.63) is 28.3 Å². The Hall–Kier alpha value is -1.65. The van der Waals surface area contributed by atoms with Crippen LogP contribution in [0.1, 0.15) is 13.8 Å². The first-order valence-corrected chi connectivity index (χ1v) is 7.95. The second-order valence-electron chi connectivity index (χ2n) is 4.51. The highest BCUT2D eigenvalue weighted by Gasteiger charge is 2.32. The molecule has 0 aromatic heterocycles. The van der Waals surface area contributed by atoms with E-state index in [4.69, 9.17) is 5.11 Å². The van der Waals surface area contributed by atoms with Crippen LogP contribution >= 0.6 is 11.8 Å². The lowest BCUT2D eigenvalue weighted by Crippen LogP contribution is -2.27. The zero-order valence-corrected chi connectivity index (χ0v) is 13.1. The second-order valence-corrected chi connectivity index (χ2v) is 8.06. The van der Waals surface area contributed by atoms with Gasteiger partial charge in [0, 0.05) is 6.07 Å². The van der Waals surface area contributed by atoms with Crippen LogP contribution in [0, 0.1) is 10.1 Å². The van der Waals surface area contributed by atoms with Gasteiger partial charge in [-0.2, -0.15) is 0 Å². The molecule has 0 unspecified atom stereocenters. The Morgan fingerprint density at radius 3 is 2.43 bits per heavy atom. The van der Waals surface area contributed by atoms with E-state index in [9.17, 15) is 23.3 Å². The highest BCUT2D eigenvalue weighted by atomic mass is 32.2. The number of nitro groups is 1. The molecule has 0 aliphatic rings. The Morgan fingerprint density at radius 1 is 1.43 bits per heavy atom. The van der Waals surface area contributed by atoms with Crippen molar-refractivity contribution >= 4 is 33.4 Å². The Bertz CT molecular complexity index is 684. The largest absolute Gasteiger partial charge is 0.480 e. The molecule has 1 aromatic rings. The molecule has 0 atom stereocenters. The van der Waals surface area contributed by atoms with Crippen molar-refractivity contribution < 1.29 is 23.2 Å². The second kappa shape index (κ2) is 6.00. The van der Waals surface area contributed by atoms with E-state index in [0.29, 0.717) is 0 Å². The number of hydrogen-bond donors (Lipinski definition) is 2. The number of aliphatic carboxylic acids is 1. The fraction of sp³-hybridized carbons (Fsp3) is 0.364. The van der Waals surface area contributed by atoms with Gasteiger partial charge in [0.1, 0.15) is 4.75 Å². The van der Waals surface area contributed by atoms with E-state index in [2.05, 4.69) is 4.72 Å². The van der Waals surface area contributed by atoms with E-state index < -0.39 is 31.4 Å². The van der Waals surface area contributed by atoms with Gasteiger partial charge >= 0.3 is 5.97 Å². The van der Waals surface area contributed by atoms with Crippen molar-refractivity contribution in [2.45, 2.75) is 28.4 Å². The van der Waals surface area contributed by atoms with Crippen LogP contribution < -0.4 is 4.72 Å². The van der Waals surface area contributed by atoms with Crippen LogP contribution in [0.15, 0.2) is 28.0 Å². The number of rotatable bonds is 6.